The van der Waals surface area contributed by atoms with E-state index in [0.717, 1.165) is 25.9 Å². The molecule has 1 aliphatic rings. The second kappa shape index (κ2) is 6.27. The third-order valence-electron chi connectivity index (χ3n) is 3.34. The first-order valence-electron chi connectivity index (χ1n) is 6.61. The van der Waals surface area contributed by atoms with E-state index in [9.17, 15) is 9.59 Å². The Morgan fingerprint density at radius 3 is 2.70 bits per heavy atom. The highest BCUT2D eigenvalue weighted by molar-refractivity contribution is 5.97. The summed E-state index contributed by atoms with van der Waals surface area (Å²) in [7, 11) is 1.31. The fraction of sp³-hybridized carbons (Fsp3) is 0.429. The summed E-state index contributed by atoms with van der Waals surface area (Å²) in [4.78, 5) is 25.5. The number of esters is 1. The summed E-state index contributed by atoms with van der Waals surface area (Å²) < 4.78 is 4.71. The molecule has 20 heavy (non-hydrogen) atoms. The van der Waals surface area contributed by atoms with Crippen LogP contribution in [0.5, 0.6) is 0 Å². The van der Waals surface area contributed by atoms with Crippen molar-refractivity contribution in [1.82, 2.24) is 4.90 Å². The Balaban J connectivity index is 2.05. The number of carbonyl (C=O) groups excluding carboxylic acids is 2. The molecular formula is C14H19N3O3. The van der Waals surface area contributed by atoms with Gasteiger partial charge in [-0.25, -0.2) is 4.79 Å². The van der Waals surface area contributed by atoms with Crippen molar-refractivity contribution in [2.24, 2.45) is 0 Å². The fourth-order valence-corrected chi connectivity index (χ4v) is 2.24. The molecular weight excluding hydrogens is 258 g/mol. The molecule has 0 radical (unpaired) electrons. The van der Waals surface area contributed by atoms with Gasteiger partial charge in [-0.05, 0) is 31.0 Å². The number of rotatable bonds is 4. The van der Waals surface area contributed by atoms with Crippen LogP contribution in [0.4, 0.5) is 11.4 Å². The van der Waals surface area contributed by atoms with Crippen molar-refractivity contribution in [2.45, 2.75) is 12.8 Å². The minimum atomic E-state index is -0.478. The zero-order valence-corrected chi connectivity index (χ0v) is 11.5. The summed E-state index contributed by atoms with van der Waals surface area (Å²) in [6.07, 6.45) is 2.11. The number of likely N-dealkylation sites (tertiary alicyclic amines) is 1. The zero-order valence-electron chi connectivity index (χ0n) is 11.5. The monoisotopic (exact) mass is 277 g/mol. The summed E-state index contributed by atoms with van der Waals surface area (Å²) in [6.45, 7) is 1.78. The van der Waals surface area contributed by atoms with Crippen LogP contribution >= 0.6 is 0 Å². The molecule has 2 rings (SSSR count). The molecule has 1 aromatic rings. The topological polar surface area (TPSA) is 84.7 Å². The number of methoxy groups -OCH3 is 1. The Morgan fingerprint density at radius 2 is 2.05 bits per heavy atom. The highest BCUT2D eigenvalue weighted by atomic mass is 16.5. The van der Waals surface area contributed by atoms with Crippen molar-refractivity contribution in [2.75, 3.05) is 37.8 Å². The lowest BCUT2D eigenvalue weighted by Crippen LogP contribution is -2.33. The summed E-state index contributed by atoms with van der Waals surface area (Å²) in [5, 5.41) is 2.98. The van der Waals surface area contributed by atoms with Gasteiger partial charge < -0.3 is 20.7 Å². The molecule has 0 aliphatic carbocycles. The van der Waals surface area contributed by atoms with Crippen molar-refractivity contribution in [3.05, 3.63) is 23.8 Å². The Morgan fingerprint density at radius 1 is 1.35 bits per heavy atom. The number of amides is 1. The molecule has 108 valence electrons. The average molecular weight is 277 g/mol. The number of nitrogens with one attached hydrogen (secondary N) is 1. The normalized spacial score (nSPS) is 14.2. The molecule has 6 nitrogen and oxygen atoms in total. The Kier molecular flexibility index (Phi) is 4.45. The molecule has 1 amide bonds. The van der Waals surface area contributed by atoms with Crippen molar-refractivity contribution in [1.29, 1.82) is 0 Å². The summed E-state index contributed by atoms with van der Waals surface area (Å²) in [5.74, 6) is -0.441. The van der Waals surface area contributed by atoms with E-state index in [1.807, 2.05) is 4.90 Å². The van der Waals surface area contributed by atoms with E-state index in [1.54, 1.807) is 12.1 Å². The van der Waals surface area contributed by atoms with E-state index in [-0.39, 0.29) is 12.5 Å². The van der Waals surface area contributed by atoms with Gasteiger partial charge in [0, 0.05) is 24.5 Å². The molecule has 0 aromatic heterocycles. The number of nitrogen functional groups attached to an aromatic ring is 1. The maximum Gasteiger partial charge on any atom is 0.340 e. The number of ether oxygens (including phenoxy) is 1. The number of hydrogen-bond donors (Lipinski definition) is 2. The first-order valence-corrected chi connectivity index (χ1v) is 6.61. The highest BCUT2D eigenvalue weighted by Crippen LogP contribution is 2.20. The van der Waals surface area contributed by atoms with Crippen LogP contribution in [0.25, 0.3) is 0 Å². The minimum absolute atomic E-state index is 0.0372. The maximum atomic E-state index is 12.0. The van der Waals surface area contributed by atoms with Gasteiger partial charge in [0.15, 0.2) is 0 Å². The average Bonchev–Trinajstić information content (AvgIpc) is 2.99. The van der Waals surface area contributed by atoms with Crippen LogP contribution < -0.4 is 11.1 Å². The molecule has 0 bridgehead atoms. The molecule has 0 atom stereocenters. The van der Waals surface area contributed by atoms with Gasteiger partial charge in [0.2, 0.25) is 5.91 Å². The van der Waals surface area contributed by atoms with E-state index in [4.69, 9.17) is 10.5 Å². The Hall–Kier alpha value is -2.24. The standard InChI is InChI=1S/C14H19N3O3/c1-20-14(19)11-8-10(15)4-5-12(11)16-9-13(18)17-6-2-3-7-17/h4-5,8,16H,2-3,6-7,9,15H2,1H3. The molecule has 0 unspecified atom stereocenters. The molecule has 1 heterocycles. The first kappa shape index (κ1) is 14.2. The Labute approximate surface area is 117 Å². The van der Waals surface area contributed by atoms with E-state index in [0.29, 0.717) is 16.9 Å². The van der Waals surface area contributed by atoms with Gasteiger partial charge in [0.25, 0.3) is 0 Å². The summed E-state index contributed by atoms with van der Waals surface area (Å²) in [5.41, 5.74) is 7.03. The molecule has 1 saturated heterocycles. The van der Waals surface area contributed by atoms with Crippen LogP contribution in [0.15, 0.2) is 18.2 Å². The van der Waals surface area contributed by atoms with Crippen LogP contribution in [0.2, 0.25) is 0 Å². The molecule has 3 N–H and O–H groups in total. The van der Waals surface area contributed by atoms with Crippen LogP contribution in [-0.4, -0.2) is 43.5 Å². The van der Waals surface area contributed by atoms with Crippen molar-refractivity contribution >= 4 is 23.3 Å². The van der Waals surface area contributed by atoms with Gasteiger partial charge in [0.05, 0.1) is 19.2 Å². The van der Waals surface area contributed by atoms with E-state index in [1.165, 1.54) is 13.2 Å². The van der Waals surface area contributed by atoms with Gasteiger partial charge in [-0.15, -0.1) is 0 Å². The number of hydrogen-bond acceptors (Lipinski definition) is 5. The minimum Gasteiger partial charge on any atom is -0.465 e. The number of carbonyl (C=O) groups is 2. The Bertz CT molecular complexity index is 510. The van der Waals surface area contributed by atoms with Gasteiger partial charge in [-0.1, -0.05) is 0 Å². The van der Waals surface area contributed by atoms with Crippen molar-refractivity contribution < 1.29 is 14.3 Å². The lowest BCUT2D eigenvalue weighted by molar-refractivity contribution is -0.128. The molecule has 1 aliphatic heterocycles. The molecule has 0 saturated carbocycles. The molecule has 6 heteroatoms. The smallest absolute Gasteiger partial charge is 0.340 e. The summed E-state index contributed by atoms with van der Waals surface area (Å²) in [6, 6.07) is 4.89. The third kappa shape index (κ3) is 3.20. The maximum absolute atomic E-state index is 12.0. The van der Waals surface area contributed by atoms with Crippen LogP contribution in [-0.2, 0) is 9.53 Å². The predicted molar refractivity (Wildman–Crippen MR) is 76.5 cm³/mol. The molecule has 1 fully saturated rings. The first-order chi connectivity index (χ1) is 9.61. The van der Waals surface area contributed by atoms with Gasteiger partial charge >= 0.3 is 5.97 Å². The largest absolute Gasteiger partial charge is 0.465 e. The lowest BCUT2D eigenvalue weighted by atomic mass is 10.1. The second-order valence-electron chi connectivity index (χ2n) is 4.74. The second-order valence-corrected chi connectivity index (χ2v) is 4.74. The van der Waals surface area contributed by atoms with Crippen molar-refractivity contribution in [3.8, 4) is 0 Å². The number of benzene rings is 1. The number of nitrogens with zero attached hydrogens (tertiary/aromatic N) is 1. The van der Waals surface area contributed by atoms with Gasteiger partial charge in [0.1, 0.15) is 0 Å². The molecule has 1 aromatic carbocycles. The predicted octanol–water partition coefficient (Wildman–Crippen LogP) is 1.09. The van der Waals surface area contributed by atoms with Crippen LogP contribution in [0.1, 0.15) is 23.2 Å². The van der Waals surface area contributed by atoms with Gasteiger partial charge in [-0.2, -0.15) is 0 Å². The fourth-order valence-electron chi connectivity index (χ4n) is 2.24. The lowest BCUT2D eigenvalue weighted by Gasteiger charge is -2.17. The van der Waals surface area contributed by atoms with Crippen LogP contribution in [0, 0.1) is 0 Å². The SMILES string of the molecule is COC(=O)c1cc(N)ccc1NCC(=O)N1CCCC1. The van der Waals surface area contributed by atoms with E-state index in [2.05, 4.69) is 5.32 Å². The van der Waals surface area contributed by atoms with Gasteiger partial charge in [-0.3, -0.25) is 4.79 Å². The molecule has 0 spiro atoms. The van der Waals surface area contributed by atoms with Crippen molar-refractivity contribution in [3.63, 3.8) is 0 Å². The van der Waals surface area contributed by atoms with E-state index >= 15 is 0 Å². The summed E-state index contributed by atoms with van der Waals surface area (Å²) >= 11 is 0. The quantitative estimate of drug-likeness (QED) is 0.635. The van der Waals surface area contributed by atoms with Crippen LogP contribution in [0.3, 0.4) is 0 Å². The van der Waals surface area contributed by atoms with E-state index < -0.39 is 5.97 Å². The number of nitrogens with two attached hydrogens (primary N) is 1. The highest BCUT2D eigenvalue weighted by Gasteiger charge is 2.18. The number of anilines is 2. The third-order valence-corrected chi connectivity index (χ3v) is 3.34. The zero-order chi connectivity index (χ0) is 14.5.